The summed E-state index contributed by atoms with van der Waals surface area (Å²) in [6.45, 7) is 0. The Balaban J connectivity index is 2.14. The molecule has 2 unspecified atom stereocenters. The molecule has 2 aromatic rings. The van der Waals surface area contributed by atoms with Crippen molar-refractivity contribution in [3.63, 3.8) is 0 Å². The summed E-state index contributed by atoms with van der Waals surface area (Å²) in [5.41, 5.74) is 1.19. The van der Waals surface area contributed by atoms with Gasteiger partial charge >= 0.3 is 0 Å². The Morgan fingerprint density at radius 1 is 1.33 bits per heavy atom. The largest absolute Gasteiger partial charge is 0.375 e. The number of hydrogen-bond donors (Lipinski definition) is 1. The van der Waals surface area contributed by atoms with Crippen LogP contribution in [0.2, 0.25) is 0 Å². The fourth-order valence-corrected chi connectivity index (χ4v) is 2.75. The van der Waals surface area contributed by atoms with E-state index in [4.69, 9.17) is 4.74 Å². The highest BCUT2D eigenvalue weighted by Gasteiger charge is 2.22. The average Bonchev–Trinajstić information content (AvgIpc) is 2.92. The minimum Gasteiger partial charge on any atom is -0.375 e. The number of hydrogen-bond acceptors (Lipinski definition) is 4. The van der Waals surface area contributed by atoms with E-state index in [9.17, 15) is 0 Å². The van der Waals surface area contributed by atoms with E-state index in [0.29, 0.717) is 0 Å². The molecule has 1 aromatic carbocycles. The molecule has 0 radical (unpaired) electrons. The highest BCUT2D eigenvalue weighted by atomic mass is 32.1. The van der Waals surface area contributed by atoms with Crippen molar-refractivity contribution in [3.05, 3.63) is 52.5 Å². The smallest absolute Gasteiger partial charge is 0.0978 e. The van der Waals surface area contributed by atoms with Crippen molar-refractivity contribution in [1.29, 1.82) is 0 Å². The number of benzene rings is 1. The van der Waals surface area contributed by atoms with Crippen LogP contribution < -0.4 is 5.32 Å². The van der Waals surface area contributed by atoms with Gasteiger partial charge in [0, 0.05) is 31.1 Å². The quantitative estimate of drug-likeness (QED) is 0.869. The number of rotatable bonds is 6. The molecular formula is C14H18N2OS. The van der Waals surface area contributed by atoms with Crippen molar-refractivity contribution in [1.82, 2.24) is 10.3 Å². The van der Waals surface area contributed by atoms with E-state index in [0.717, 1.165) is 11.4 Å². The average molecular weight is 262 g/mol. The first-order valence-corrected chi connectivity index (χ1v) is 6.86. The van der Waals surface area contributed by atoms with Crippen LogP contribution in [0.5, 0.6) is 0 Å². The molecule has 0 fully saturated rings. The van der Waals surface area contributed by atoms with E-state index in [1.54, 1.807) is 18.4 Å². The second kappa shape index (κ2) is 6.64. The monoisotopic (exact) mass is 262 g/mol. The molecule has 0 spiro atoms. The van der Waals surface area contributed by atoms with Crippen LogP contribution in [0.25, 0.3) is 0 Å². The molecule has 0 aliphatic heterocycles. The summed E-state index contributed by atoms with van der Waals surface area (Å²) >= 11 is 1.68. The van der Waals surface area contributed by atoms with Gasteiger partial charge in [-0.05, 0) is 12.6 Å². The van der Waals surface area contributed by atoms with Crippen molar-refractivity contribution >= 4 is 11.3 Å². The second-order valence-electron chi connectivity index (χ2n) is 4.09. The Morgan fingerprint density at radius 2 is 2.11 bits per heavy atom. The standard InChI is InChI=1S/C14H18N2OS/c1-15-12(10-13-16-8-9-18-13)14(17-2)11-6-4-3-5-7-11/h3-9,12,14-15H,10H2,1-2H3. The molecule has 0 aliphatic rings. The molecule has 0 bridgehead atoms. The van der Waals surface area contributed by atoms with Gasteiger partial charge in [0.2, 0.25) is 0 Å². The molecule has 0 aliphatic carbocycles. The van der Waals surface area contributed by atoms with Gasteiger partial charge in [0.05, 0.1) is 11.1 Å². The topological polar surface area (TPSA) is 34.2 Å². The van der Waals surface area contributed by atoms with Crippen LogP contribution >= 0.6 is 11.3 Å². The lowest BCUT2D eigenvalue weighted by Gasteiger charge is -2.25. The fraction of sp³-hybridized carbons (Fsp3) is 0.357. The lowest BCUT2D eigenvalue weighted by Crippen LogP contribution is -2.35. The normalized spacial score (nSPS) is 14.3. The van der Waals surface area contributed by atoms with Crippen molar-refractivity contribution in [2.24, 2.45) is 0 Å². The summed E-state index contributed by atoms with van der Waals surface area (Å²) < 4.78 is 5.65. The third kappa shape index (κ3) is 3.16. The molecule has 1 heterocycles. The molecule has 18 heavy (non-hydrogen) atoms. The number of ether oxygens (including phenoxy) is 1. The van der Waals surface area contributed by atoms with Crippen LogP contribution in [0.3, 0.4) is 0 Å². The Labute approximate surface area is 112 Å². The highest BCUT2D eigenvalue weighted by molar-refractivity contribution is 7.09. The first kappa shape index (κ1) is 13.2. The highest BCUT2D eigenvalue weighted by Crippen LogP contribution is 2.23. The van der Waals surface area contributed by atoms with Crippen LogP contribution in [0.4, 0.5) is 0 Å². The number of thiazole rings is 1. The van der Waals surface area contributed by atoms with Gasteiger partial charge in [0.1, 0.15) is 0 Å². The van der Waals surface area contributed by atoms with Crippen molar-refractivity contribution in [2.75, 3.05) is 14.2 Å². The third-order valence-corrected chi connectivity index (χ3v) is 3.80. The molecule has 2 atom stereocenters. The van der Waals surface area contributed by atoms with Gasteiger partial charge in [-0.25, -0.2) is 4.98 Å². The van der Waals surface area contributed by atoms with Gasteiger partial charge in [-0.1, -0.05) is 30.3 Å². The number of aromatic nitrogens is 1. The zero-order valence-corrected chi connectivity index (χ0v) is 11.5. The van der Waals surface area contributed by atoms with Crippen LogP contribution in [0.1, 0.15) is 16.7 Å². The predicted molar refractivity (Wildman–Crippen MR) is 74.9 cm³/mol. The maximum atomic E-state index is 5.65. The Bertz CT molecular complexity index is 444. The molecule has 1 N–H and O–H groups in total. The lowest BCUT2D eigenvalue weighted by molar-refractivity contribution is 0.0704. The first-order chi connectivity index (χ1) is 8.85. The van der Waals surface area contributed by atoms with Crippen molar-refractivity contribution in [2.45, 2.75) is 18.6 Å². The Morgan fingerprint density at radius 3 is 2.67 bits per heavy atom. The molecule has 3 nitrogen and oxygen atoms in total. The molecule has 0 saturated heterocycles. The number of nitrogens with zero attached hydrogens (tertiary/aromatic N) is 1. The molecule has 0 amide bonds. The first-order valence-electron chi connectivity index (χ1n) is 5.98. The van der Waals surface area contributed by atoms with Gasteiger partial charge in [-0.3, -0.25) is 0 Å². The number of likely N-dealkylation sites (N-methyl/N-ethyl adjacent to an activating group) is 1. The van der Waals surface area contributed by atoms with Crippen LogP contribution in [-0.4, -0.2) is 25.2 Å². The second-order valence-corrected chi connectivity index (χ2v) is 5.07. The molecule has 1 aromatic heterocycles. The lowest BCUT2D eigenvalue weighted by atomic mass is 10.00. The van der Waals surface area contributed by atoms with E-state index >= 15 is 0 Å². The fourth-order valence-electron chi connectivity index (χ4n) is 2.08. The van der Waals surface area contributed by atoms with E-state index in [1.807, 2.05) is 36.8 Å². The third-order valence-electron chi connectivity index (χ3n) is 3.00. The minimum absolute atomic E-state index is 0.0418. The van der Waals surface area contributed by atoms with Crippen molar-refractivity contribution < 1.29 is 4.74 Å². The summed E-state index contributed by atoms with van der Waals surface area (Å²) in [5, 5.41) is 6.47. The zero-order valence-electron chi connectivity index (χ0n) is 10.7. The summed E-state index contributed by atoms with van der Waals surface area (Å²) in [7, 11) is 3.72. The summed E-state index contributed by atoms with van der Waals surface area (Å²) in [6.07, 6.45) is 2.76. The molecule has 2 rings (SSSR count). The maximum absolute atomic E-state index is 5.65. The van der Waals surface area contributed by atoms with E-state index < -0.39 is 0 Å². The van der Waals surface area contributed by atoms with E-state index in [1.165, 1.54) is 5.56 Å². The van der Waals surface area contributed by atoms with Crippen LogP contribution in [-0.2, 0) is 11.2 Å². The summed E-state index contributed by atoms with van der Waals surface area (Å²) in [6, 6.07) is 10.5. The summed E-state index contributed by atoms with van der Waals surface area (Å²) in [5.74, 6) is 0. The summed E-state index contributed by atoms with van der Waals surface area (Å²) in [4.78, 5) is 4.34. The van der Waals surface area contributed by atoms with E-state index in [-0.39, 0.29) is 12.1 Å². The van der Waals surface area contributed by atoms with Crippen molar-refractivity contribution in [3.8, 4) is 0 Å². The minimum atomic E-state index is 0.0418. The number of nitrogens with one attached hydrogen (secondary N) is 1. The maximum Gasteiger partial charge on any atom is 0.0978 e. The Hall–Kier alpha value is -1.23. The van der Waals surface area contributed by atoms with Gasteiger partial charge in [-0.15, -0.1) is 11.3 Å². The van der Waals surface area contributed by atoms with Gasteiger partial charge in [-0.2, -0.15) is 0 Å². The van der Waals surface area contributed by atoms with Crippen LogP contribution in [0.15, 0.2) is 41.9 Å². The molecule has 4 heteroatoms. The van der Waals surface area contributed by atoms with Crippen LogP contribution in [0, 0.1) is 0 Å². The predicted octanol–water partition coefficient (Wildman–Crippen LogP) is 2.66. The molecule has 96 valence electrons. The molecule has 0 saturated carbocycles. The molecular weight excluding hydrogens is 244 g/mol. The van der Waals surface area contributed by atoms with Gasteiger partial charge in [0.25, 0.3) is 0 Å². The number of methoxy groups -OCH3 is 1. The van der Waals surface area contributed by atoms with Gasteiger partial charge < -0.3 is 10.1 Å². The Kier molecular flexibility index (Phi) is 4.87. The van der Waals surface area contributed by atoms with Gasteiger partial charge in [0.15, 0.2) is 0 Å². The SMILES string of the molecule is CNC(Cc1nccs1)C(OC)c1ccccc1. The van der Waals surface area contributed by atoms with E-state index in [2.05, 4.69) is 22.4 Å². The zero-order chi connectivity index (χ0) is 12.8.